The third kappa shape index (κ3) is 5.42. The second-order valence-corrected chi connectivity index (χ2v) is 8.13. The smallest absolute Gasteiger partial charge is 0.232 e. The number of hydrogen-bond donors (Lipinski definition) is 2. The van der Waals surface area contributed by atoms with E-state index in [1.54, 1.807) is 0 Å². The third-order valence-corrected chi connectivity index (χ3v) is 4.61. The fourth-order valence-electron chi connectivity index (χ4n) is 3.12. The highest BCUT2D eigenvalue weighted by Crippen LogP contribution is 2.24. The highest BCUT2D eigenvalue weighted by atomic mass is 19.1. The summed E-state index contributed by atoms with van der Waals surface area (Å²) in [6.45, 7) is 10.3. The Morgan fingerprint density at radius 2 is 2.14 bits per heavy atom. The Morgan fingerprint density at radius 1 is 1.34 bits per heavy atom. The molecule has 3 rings (SSSR count). The topological polar surface area (TPSA) is 78.6 Å². The first kappa shape index (κ1) is 21.0. The first-order valence-electron chi connectivity index (χ1n) is 9.84. The minimum atomic E-state index is -0.572. The molecule has 2 N–H and O–H groups in total. The standard InChI is InChI=1S/C20H28F2N6O/c1-5-23-19(24-11-17-26-18(29-27-17)20(2,3)4)25-14-8-9-28(12-14)16-7-6-13(21)10-15(16)22/h6-7,10,14H,5,8-9,11-12H2,1-4H3,(H2,23,24,25). The lowest BCUT2D eigenvalue weighted by Crippen LogP contribution is -2.44. The van der Waals surface area contributed by atoms with E-state index >= 15 is 0 Å². The number of nitrogens with zero attached hydrogens (tertiary/aromatic N) is 4. The number of guanidine groups is 1. The molecule has 0 bridgehead atoms. The largest absolute Gasteiger partial charge is 0.367 e. The molecule has 158 valence electrons. The van der Waals surface area contributed by atoms with Crippen LogP contribution in [0.15, 0.2) is 27.7 Å². The lowest BCUT2D eigenvalue weighted by molar-refractivity contribution is 0.318. The highest BCUT2D eigenvalue weighted by Gasteiger charge is 2.26. The van der Waals surface area contributed by atoms with Crippen LogP contribution in [-0.4, -0.2) is 41.8 Å². The van der Waals surface area contributed by atoms with Gasteiger partial charge in [0.25, 0.3) is 0 Å². The lowest BCUT2D eigenvalue weighted by Gasteiger charge is -2.20. The summed E-state index contributed by atoms with van der Waals surface area (Å²) < 4.78 is 32.5. The minimum absolute atomic E-state index is 0.0904. The molecule has 1 unspecified atom stereocenters. The summed E-state index contributed by atoms with van der Waals surface area (Å²) in [7, 11) is 0. The van der Waals surface area contributed by atoms with Crippen molar-refractivity contribution in [3.63, 3.8) is 0 Å². The average Bonchev–Trinajstić information content (AvgIpc) is 3.29. The Morgan fingerprint density at radius 3 is 2.79 bits per heavy atom. The summed E-state index contributed by atoms with van der Waals surface area (Å²) in [5.74, 6) is 0.624. The Balaban J connectivity index is 1.61. The molecule has 0 amide bonds. The van der Waals surface area contributed by atoms with E-state index in [4.69, 9.17) is 4.52 Å². The summed E-state index contributed by atoms with van der Waals surface area (Å²) in [5.41, 5.74) is 0.208. The molecule has 29 heavy (non-hydrogen) atoms. The second-order valence-electron chi connectivity index (χ2n) is 8.13. The molecule has 0 spiro atoms. The van der Waals surface area contributed by atoms with E-state index in [9.17, 15) is 8.78 Å². The molecule has 1 aliphatic rings. The molecular weight excluding hydrogens is 378 g/mol. The number of aliphatic imine (C=N–C) groups is 1. The number of hydrogen-bond acceptors (Lipinski definition) is 5. The van der Waals surface area contributed by atoms with Crippen molar-refractivity contribution >= 4 is 11.6 Å². The minimum Gasteiger partial charge on any atom is -0.367 e. The van der Waals surface area contributed by atoms with Crippen molar-refractivity contribution in [3.8, 4) is 0 Å². The van der Waals surface area contributed by atoms with E-state index in [2.05, 4.69) is 25.8 Å². The molecule has 1 fully saturated rings. The van der Waals surface area contributed by atoms with Crippen LogP contribution in [0, 0.1) is 11.6 Å². The van der Waals surface area contributed by atoms with E-state index in [1.165, 1.54) is 12.1 Å². The van der Waals surface area contributed by atoms with Crippen molar-refractivity contribution in [3.05, 3.63) is 41.5 Å². The van der Waals surface area contributed by atoms with E-state index in [0.717, 1.165) is 12.5 Å². The normalized spacial score (nSPS) is 17.7. The Kier molecular flexibility index (Phi) is 6.34. The average molecular weight is 406 g/mol. The van der Waals surface area contributed by atoms with Gasteiger partial charge < -0.3 is 20.1 Å². The van der Waals surface area contributed by atoms with Gasteiger partial charge in [0.05, 0.1) is 5.69 Å². The van der Waals surface area contributed by atoms with E-state index in [0.29, 0.717) is 43.0 Å². The summed E-state index contributed by atoms with van der Waals surface area (Å²) in [6, 6.07) is 3.77. The molecule has 1 saturated heterocycles. The maximum Gasteiger partial charge on any atom is 0.232 e. The van der Waals surface area contributed by atoms with Gasteiger partial charge in [0.15, 0.2) is 11.8 Å². The van der Waals surface area contributed by atoms with Crippen LogP contribution in [0.2, 0.25) is 0 Å². The Bertz CT molecular complexity index is 861. The Labute approximate surface area is 169 Å². The zero-order chi connectivity index (χ0) is 21.0. The first-order chi connectivity index (χ1) is 13.8. The predicted molar refractivity (Wildman–Crippen MR) is 108 cm³/mol. The number of aromatic nitrogens is 2. The van der Waals surface area contributed by atoms with Crippen molar-refractivity contribution in [2.24, 2.45) is 4.99 Å². The number of halogens is 2. The molecule has 2 aromatic rings. The molecule has 1 aromatic heterocycles. The van der Waals surface area contributed by atoms with Gasteiger partial charge in [-0.05, 0) is 25.5 Å². The maximum atomic E-state index is 14.0. The predicted octanol–water partition coefficient (Wildman–Crippen LogP) is 2.98. The van der Waals surface area contributed by atoms with Crippen molar-refractivity contribution in [2.75, 3.05) is 24.5 Å². The van der Waals surface area contributed by atoms with E-state index in [-0.39, 0.29) is 18.0 Å². The fraction of sp³-hybridized carbons (Fsp3) is 0.550. The van der Waals surface area contributed by atoms with Crippen LogP contribution in [-0.2, 0) is 12.0 Å². The first-order valence-corrected chi connectivity index (χ1v) is 9.84. The van der Waals surface area contributed by atoms with Crippen LogP contribution in [0.25, 0.3) is 0 Å². The van der Waals surface area contributed by atoms with Gasteiger partial charge in [-0.25, -0.2) is 13.8 Å². The molecule has 9 heteroatoms. The second kappa shape index (κ2) is 8.75. The SMILES string of the molecule is CCNC(=NCc1noc(C(C)(C)C)n1)NC1CCN(c2ccc(F)cc2F)C1. The van der Waals surface area contributed by atoms with Gasteiger partial charge in [0.1, 0.15) is 18.2 Å². The molecule has 1 aliphatic heterocycles. The van der Waals surface area contributed by atoms with Gasteiger partial charge in [0.2, 0.25) is 5.89 Å². The number of rotatable bonds is 5. The summed E-state index contributed by atoms with van der Waals surface area (Å²) >= 11 is 0. The number of anilines is 1. The van der Waals surface area contributed by atoms with Gasteiger partial charge >= 0.3 is 0 Å². The quantitative estimate of drug-likeness (QED) is 0.587. The summed E-state index contributed by atoms with van der Waals surface area (Å²) in [5, 5.41) is 10.6. The molecule has 0 aliphatic carbocycles. The van der Waals surface area contributed by atoms with Crippen LogP contribution in [0.3, 0.4) is 0 Å². The lowest BCUT2D eigenvalue weighted by atomic mass is 9.97. The molecule has 2 heterocycles. The summed E-state index contributed by atoms with van der Waals surface area (Å²) in [6.07, 6.45) is 0.817. The fourth-order valence-corrected chi connectivity index (χ4v) is 3.12. The molecule has 0 radical (unpaired) electrons. The van der Waals surface area contributed by atoms with Gasteiger partial charge in [-0.2, -0.15) is 4.98 Å². The Hall–Kier alpha value is -2.71. The van der Waals surface area contributed by atoms with Gasteiger partial charge in [0, 0.05) is 37.2 Å². The van der Waals surface area contributed by atoms with Crippen LogP contribution in [0.1, 0.15) is 45.8 Å². The van der Waals surface area contributed by atoms with Crippen molar-refractivity contribution in [2.45, 2.75) is 52.1 Å². The zero-order valence-electron chi connectivity index (χ0n) is 17.3. The number of benzene rings is 1. The van der Waals surface area contributed by atoms with Crippen molar-refractivity contribution in [1.29, 1.82) is 0 Å². The maximum absolute atomic E-state index is 14.0. The van der Waals surface area contributed by atoms with Crippen molar-refractivity contribution in [1.82, 2.24) is 20.8 Å². The summed E-state index contributed by atoms with van der Waals surface area (Å²) in [4.78, 5) is 10.8. The van der Waals surface area contributed by atoms with Crippen LogP contribution in [0.4, 0.5) is 14.5 Å². The van der Waals surface area contributed by atoms with Crippen LogP contribution >= 0.6 is 0 Å². The van der Waals surface area contributed by atoms with Crippen molar-refractivity contribution < 1.29 is 13.3 Å². The number of nitrogens with one attached hydrogen (secondary N) is 2. The van der Waals surface area contributed by atoms with E-state index < -0.39 is 11.6 Å². The van der Waals surface area contributed by atoms with Gasteiger partial charge in [-0.3, -0.25) is 0 Å². The van der Waals surface area contributed by atoms with Crippen LogP contribution < -0.4 is 15.5 Å². The molecule has 1 atom stereocenters. The van der Waals surface area contributed by atoms with Gasteiger partial charge in [-0.1, -0.05) is 25.9 Å². The zero-order valence-corrected chi connectivity index (χ0v) is 17.3. The highest BCUT2D eigenvalue weighted by molar-refractivity contribution is 5.80. The molecule has 1 aromatic carbocycles. The molecule has 0 saturated carbocycles. The van der Waals surface area contributed by atoms with Gasteiger partial charge in [-0.15, -0.1) is 0 Å². The third-order valence-electron chi connectivity index (χ3n) is 4.61. The monoisotopic (exact) mass is 406 g/mol. The van der Waals surface area contributed by atoms with E-state index in [1.807, 2.05) is 32.6 Å². The van der Waals surface area contributed by atoms with Crippen LogP contribution in [0.5, 0.6) is 0 Å². The molecular formula is C20H28F2N6O. The molecule has 7 nitrogen and oxygen atoms in total.